The summed E-state index contributed by atoms with van der Waals surface area (Å²) in [6.07, 6.45) is 0.224. The number of carbonyl (C=O) groups excluding carboxylic acids is 1. The highest BCUT2D eigenvalue weighted by atomic mass is 19.3. The van der Waals surface area contributed by atoms with Crippen LogP contribution in [0.25, 0.3) is 22.3 Å². The molecule has 0 amide bonds. The zero-order valence-corrected chi connectivity index (χ0v) is 13.6. The van der Waals surface area contributed by atoms with Crippen molar-refractivity contribution in [1.29, 1.82) is 0 Å². The van der Waals surface area contributed by atoms with Crippen LogP contribution in [0.4, 0.5) is 4.53 Å². The molecule has 25 heavy (non-hydrogen) atoms. The van der Waals surface area contributed by atoms with E-state index in [1.165, 1.54) is 0 Å². The van der Waals surface area contributed by atoms with Gasteiger partial charge in [0.1, 0.15) is 0 Å². The molecule has 2 nitrogen and oxygen atoms in total. The molecule has 0 aliphatic rings. The molecule has 0 fully saturated rings. The van der Waals surface area contributed by atoms with E-state index in [9.17, 15) is 9.32 Å². The van der Waals surface area contributed by atoms with Gasteiger partial charge in [0.05, 0.1) is 0 Å². The average Bonchev–Trinajstić information content (AvgIpc) is 2.68. The Morgan fingerprint density at radius 1 is 0.800 bits per heavy atom. The number of halogens is 1. The Hall–Kier alpha value is -3.20. The van der Waals surface area contributed by atoms with Crippen LogP contribution in [0.3, 0.4) is 0 Å². The fourth-order valence-corrected chi connectivity index (χ4v) is 2.88. The molecule has 0 heterocycles. The van der Waals surface area contributed by atoms with Crippen LogP contribution in [0.2, 0.25) is 0 Å². The van der Waals surface area contributed by atoms with Crippen molar-refractivity contribution in [3.8, 4) is 22.3 Å². The van der Waals surface area contributed by atoms with Crippen molar-refractivity contribution in [1.82, 2.24) is 0 Å². The summed E-state index contributed by atoms with van der Waals surface area (Å²) < 4.78 is 12.1. The van der Waals surface area contributed by atoms with Gasteiger partial charge >= 0.3 is 5.97 Å². The Morgan fingerprint density at radius 3 is 2.04 bits per heavy atom. The molecule has 0 N–H and O–H groups in total. The first-order chi connectivity index (χ1) is 12.2. The fraction of sp³-hybridized carbons (Fsp3) is 0.0455. The summed E-state index contributed by atoms with van der Waals surface area (Å²) in [6.45, 7) is 3.62. The molecule has 3 rings (SSSR count). The molecule has 0 aromatic heterocycles. The highest BCUT2D eigenvalue weighted by molar-refractivity contribution is 5.89. The summed E-state index contributed by atoms with van der Waals surface area (Å²) in [6, 6.07) is 25.9. The summed E-state index contributed by atoms with van der Waals surface area (Å²) >= 11 is 0. The third kappa shape index (κ3) is 3.66. The minimum atomic E-state index is -1.04. The Balaban J connectivity index is 2.07. The van der Waals surface area contributed by atoms with Crippen LogP contribution in [0.5, 0.6) is 0 Å². The lowest BCUT2D eigenvalue weighted by molar-refractivity contribution is -0.178. The number of hydrogen-bond donors (Lipinski definition) is 0. The molecule has 0 saturated carbocycles. The Kier molecular flexibility index (Phi) is 5.05. The largest absolute Gasteiger partial charge is 0.375 e. The van der Waals surface area contributed by atoms with Crippen molar-refractivity contribution >= 4 is 5.97 Å². The maximum atomic E-state index is 12.1. The van der Waals surface area contributed by atoms with Crippen LogP contribution in [0.15, 0.2) is 91.0 Å². The van der Waals surface area contributed by atoms with E-state index in [1.54, 1.807) is 0 Å². The van der Waals surface area contributed by atoms with Gasteiger partial charge in [0.2, 0.25) is 0 Å². The molecule has 3 aromatic rings. The van der Waals surface area contributed by atoms with E-state index in [-0.39, 0.29) is 12.0 Å². The first-order valence-electron chi connectivity index (χ1n) is 7.94. The van der Waals surface area contributed by atoms with E-state index >= 15 is 0 Å². The lowest BCUT2D eigenvalue weighted by Gasteiger charge is -2.14. The highest BCUT2D eigenvalue weighted by Crippen LogP contribution is 2.34. The number of carbonyl (C=O) groups is 1. The van der Waals surface area contributed by atoms with Gasteiger partial charge < -0.3 is 0 Å². The van der Waals surface area contributed by atoms with E-state index in [0.717, 1.165) is 27.8 Å². The Labute approximate surface area is 146 Å². The van der Waals surface area contributed by atoms with E-state index < -0.39 is 5.97 Å². The zero-order valence-electron chi connectivity index (χ0n) is 13.6. The monoisotopic (exact) mass is 332 g/mol. The highest BCUT2D eigenvalue weighted by Gasteiger charge is 2.15. The van der Waals surface area contributed by atoms with Gasteiger partial charge in [-0.3, -0.25) is 0 Å². The van der Waals surface area contributed by atoms with Crippen LogP contribution in [-0.4, -0.2) is 5.97 Å². The van der Waals surface area contributed by atoms with Crippen molar-refractivity contribution < 1.29 is 14.3 Å². The summed E-state index contributed by atoms with van der Waals surface area (Å²) in [7, 11) is 0. The van der Waals surface area contributed by atoms with Crippen molar-refractivity contribution in [3.63, 3.8) is 0 Å². The van der Waals surface area contributed by atoms with Gasteiger partial charge in [0.15, 0.2) is 0 Å². The topological polar surface area (TPSA) is 26.3 Å². The van der Waals surface area contributed by atoms with Gasteiger partial charge in [-0.15, -0.1) is 0 Å². The summed E-state index contributed by atoms with van der Waals surface area (Å²) in [5.41, 5.74) is 5.19. The van der Waals surface area contributed by atoms with Crippen LogP contribution < -0.4 is 0 Å². The van der Waals surface area contributed by atoms with Crippen molar-refractivity contribution in [2.75, 3.05) is 0 Å². The minimum absolute atomic E-state index is 0.0761. The van der Waals surface area contributed by atoms with E-state index in [2.05, 4.69) is 29.7 Å². The first-order valence-corrected chi connectivity index (χ1v) is 7.94. The van der Waals surface area contributed by atoms with E-state index in [4.69, 9.17) is 0 Å². The molecule has 0 bridgehead atoms. The lowest BCUT2D eigenvalue weighted by Crippen LogP contribution is -2.05. The lowest BCUT2D eigenvalue weighted by atomic mass is 9.90. The summed E-state index contributed by atoms with van der Waals surface area (Å²) in [5.74, 6) is -1.04. The van der Waals surface area contributed by atoms with E-state index in [0.29, 0.717) is 0 Å². The molecule has 0 atom stereocenters. The molecule has 0 radical (unpaired) electrons. The summed E-state index contributed by atoms with van der Waals surface area (Å²) in [4.78, 5) is 14.6. The predicted octanol–water partition coefficient (Wildman–Crippen LogP) is 5.55. The average molecular weight is 332 g/mol. The van der Waals surface area contributed by atoms with Gasteiger partial charge in [-0.2, -0.15) is 0 Å². The molecule has 0 spiro atoms. The maximum absolute atomic E-state index is 12.1. The third-order valence-corrected chi connectivity index (χ3v) is 4.08. The van der Waals surface area contributed by atoms with Crippen LogP contribution >= 0.6 is 0 Å². The van der Waals surface area contributed by atoms with Crippen molar-refractivity contribution in [3.05, 3.63) is 96.6 Å². The fourth-order valence-electron chi connectivity index (χ4n) is 2.88. The van der Waals surface area contributed by atoms with Crippen LogP contribution in [-0.2, 0) is 16.2 Å². The summed E-state index contributed by atoms with van der Waals surface area (Å²) in [5, 5.41) is 0. The van der Waals surface area contributed by atoms with Crippen molar-refractivity contribution in [2.24, 2.45) is 0 Å². The minimum Gasteiger partial charge on any atom is -0.250 e. The SMILES string of the molecule is C=C(Cc1ccccc1-c1ccccc1-c1ccccc1)C(=O)OF. The standard InChI is InChI=1S/C22H17FO2/c1-16(22(24)25-23)15-18-11-5-6-13-20(18)21-14-8-7-12-19(21)17-9-3-2-4-10-17/h2-14H,1,15H2. The second kappa shape index (κ2) is 7.58. The zero-order chi connectivity index (χ0) is 17.6. The van der Waals surface area contributed by atoms with Gasteiger partial charge in [-0.05, 0) is 27.8 Å². The Bertz CT molecular complexity index is 901. The van der Waals surface area contributed by atoms with Crippen LogP contribution in [0.1, 0.15) is 5.56 Å². The van der Waals surface area contributed by atoms with Gasteiger partial charge in [-0.25, -0.2) is 9.74 Å². The Morgan fingerprint density at radius 2 is 1.36 bits per heavy atom. The quantitative estimate of drug-likeness (QED) is 0.573. The molecular weight excluding hydrogens is 315 g/mol. The maximum Gasteiger partial charge on any atom is 0.375 e. The first kappa shape index (κ1) is 16.7. The van der Waals surface area contributed by atoms with Gasteiger partial charge in [0.25, 0.3) is 0 Å². The van der Waals surface area contributed by atoms with Crippen LogP contribution in [0, 0.1) is 0 Å². The molecular formula is C22H17FO2. The molecule has 3 aromatic carbocycles. The molecule has 0 aliphatic carbocycles. The number of rotatable bonds is 5. The van der Waals surface area contributed by atoms with Gasteiger partial charge in [0, 0.05) is 16.5 Å². The predicted molar refractivity (Wildman–Crippen MR) is 97.4 cm³/mol. The second-order valence-corrected chi connectivity index (χ2v) is 5.71. The second-order valence-electron chi connectivity index (χ2n) is 5.71. The molecule has 0 unspecified atom stereocenters. The molecule has 124 valence electrons. The van der Waals surface area contributed by atoms with E-state index in [1.807, 2.05) is 60.7 Å². The third-order valence-electron chi connectivity index (χ3n) is 4.08. The molecule has 3 heteroatoms. The normalized spacial score (nSPS) is 10.3. The molecule has 0 saturated heterocycles. The van der Waals surface area contributed by atoms with Crippen molar-refractivity contribution in [2.45, 2.75) is 6.42 Å². The number of benzene rings is 3. The smallest absolute Gasteiger partial charge is 0.250 e. The molecule has 0 aliphatic heterocycles. The van der Waals surface area contributed by atoms with Gasteiger partial charge in [-0.1, -0.05) is 85.4 Å². The number of hydrogen-bond acceptors (Lipinski definition) is 2.